The van der Waals surface area contributed by atoms with E-state index in [9.17, 15) is 4.79 Å². The van der Waals surface area contributed by atoms with Gasteiger partial charge in [0.2, 0.25) is 11.0 Å². The van der Waals surface area contributed by atoms with Gasteiger partial charge in [-0.25, -0.2) is 0 Å². The summed E-state index contributed by atoms with van der Waals surface area (Å²) in [6.45, 7) is 0. The number of benzene rings is 2. The lowest BCUT2D eigenvalue weighted by Crippen LogP contribution is -2.14. The molecule has 3 aromatic rings. The number of anilines is 1. The van der Waals surface area contributed by atoms with Crippen molar-refractivity contribution in [2.75, 3.05) is 5.32 Å². The highest BCUT2D eigenvalue weighted by Gasteiger charge is 2.12. The number of carbonyl (C=O) groups is 1. The molecule has 0 fully saturated rings. The maximum absolute atomic E-state index is 12.0. The predicted octanol–water partition coefficient (Wildman–Crippen LogP) is 4.69. The van der Waals surface area contributed by atoms with E-state index in [2.05, 4.69) is 15.5 Å². The number of amides is 1. The molecule has 1 amide bonds. The molecule has 0 spiro atoms. The van der Waals surface area contributed by atoms with Crippen LogP contribution in [0.1, 0.15) is 5.56 Å². The van der Waals surface area contributed by atoms with Crippen LogP contribution in [-0.4, -0.2) is 16.1 Å². The summed E-state index contributed by atoms with van der Waals surface area (Å²) >= 11 is 13.3. The summed E-state index contributed by atoms with van der Waals surface area (Å²) in [7, 11) is 0. The molecular formula is C16H11Cl2N3OS. The van der Waals surface area contributed by atoms with Crippen molar-refractivity contribution in [3.63, 3.8) is 0 Å². The van der Waals surface area contributed by atoms with Crippen LogP contribution >= 0.6 is 34.5 Å². The first kappa shape index (κ1) is 15.9. The lowest BCUT2D eigenvalue weighted by molar-refractivity contribution is -0.115. The average Bonchev–Trinajstić information content (AvgIpc) is 2.96. The number of rotatable bonds is 4. The van der Waals surface area contributed by atoms with Crippen LogP contribution in [0.5, 0.6) is 0 Å². The smallest absolute Gasteiger partial charge is 0.230 e. The first-order valence-corrected chi connectivity index (χ1v) is 8.32. The van der Waals surface area contributed by atoms with Gasteiger partial charge in [0, 0.05) is 10.6 Å². The molecule has 4 nitrogen and oxygen atoms in total. The highest BCUT2D eigenvalue weighted by atomic mass is 35.5. The SMILES string of the molecule is O=C(Cc1ccccc1)Nc1nnc(-c2ccc(Cl)cc2Cl)s1. The van der Waals surface area contributed by atoms with E-state index in [4.69, 9.17) is 23.2 Å². The Kier molecular flexibility index (Phi) is 4.91. The first-order valence-electron chi connectivity index (χ1n) is 6.74. The molecule has 2 aromatic carbocycles. The maximum Gasteiger partial charge on any atom is 0.230 e. The molecule has 0 aliphatic carbocycles. The van der Waals surface area contributed by atoms with Crippen LogP contribution < -0.4 is 5.32 Å². The molecule has 0 bridgehead atoms. The quantitative estimate of drug-likeness (QED) is 0.731. The number of carbonyl (C=O) groups excluding carboxylic acids is 1. The van der Waals surface area contributed by atoms with E-state index in [-0.39, 0.29) is 12.3 Å². The van der Waals surface area contributed by atoms with Crippen LogP contribution in [0, 0.1) is 0 Å². The van der Waals surface area contributed by atoms with Crippen molar-refractivity contribution in [3.8, 4) is 10.6 Å². The fourth-order valence-corrected chi connectivity index (χ4v) is 3.34. The summed E-state index contributed by atoms with van der Waals surface area (Å²) in [6.07, 6.45) is 0.289. The zero-order valence-corrected chi connectivity index (χ0v) is 14.1. The minimum Gasteiger partial charge on any atom is -0.300 e. The highest BCUT2D eigenvalue weighted by molar-refractivity contribution is 7.18. The van der Waals surface area contributed by atoms with Crippen molar-refractivity contribution in [1.29, 1.82) is 0 Å². The Balaban J connectivity index is 1.71. The summed E-state index contributed by atoms with van der Waals surface area (Å²) in [5.41, 5.74) is 1.67. The molecule has 1 aromatic heterocycles. The fourth-order valence-electron chi connectivity index (χ4n) is 1.99. The predicted molar refractivity (Wildman–Crippen MR) is 94.1 cm³/mol. The number of aromatic nitrogens is 2. The molecule has 0 unspecified atom stereocenters. The number of hydrogen-bond acceptors (Lipinski definition) is 4. The highest BCUT2D eigenvalue weighted by Crippen LogP contribution is 2.33. The minimum absolute atomic E-state index is 0.138. The fraction of sp³-hybridized carbons (Fsp3) is 0.0625. The molecule has 1 heterocycles. The van der Waals surface area contributed by atoms with E-state index in [1.165, 1.54) is 11.3 Å². The van der Waals surface area contributed by atoms with Crippen molar-refractivity contribution in [2.24, 2.45) is 0 Å². The van der Waals surface area contributed by atoms with Gasteiger partial charge < -0.3 is 5.32 Å². The molecule has 1 N–H and O–H groups in total. The minimum atomic E-state index is -0.138. The van der Waals surface area contributed by atoms with E-state index in [0.29, 0.717) is 20.2 Å². The Hall–Kier alpha value is -1.95. The molecular weight excluding hydrogens is 353 g/mol. The molecule has 0 saturated heterocycles. The van der Waals surface area contributed by atoms with E-state index in [0.717, 1.165) is 11.1 Å². The number of halogens is 2. The summed E-state index contributed by atoms with van der Waals surface area (Å²) in [5.74, 6) is -0.138. The Bertz CT molecular complexity index is 836. The Morgan fingerprint density at radius 1 is 1.09 bits per heavy atom. The Morgan fingerprint density at radius 3 is 2.61 bits per heavy atom. The molecule has 0 saturated carbocycles. The van der Waals surface area contributed by atoms with Gasteiger partial charge in [0.25, 0.3) is 0 Å². The molecule has 0 aliphatic heterocycles. The van der Waals surface area contributed by atoms with Crippen LogP contribution in [-0.2, 0) is 11.2 Å². The van der Waals surface area contributed by atoms with E-state index < -0.39 is 0 Å². The van der Waals surface area contributed by atoms with Crippen molar-refractivity contribution in [2.45, 2.75) is 6.42 Å². The van der Waals surface area contributed by atoms with Crippen molar-refractivity contribution in [1.82, 2.24) is 10.2 Å². The molecule has 0 atom stereocenters. The van der Waals surface area contributed by atoms with Crippen LogP contribution in [0.4, 0.5) is 5.13 Å². The number of nitrogens with one attached hydrogen (secondary N) is 1. The lowest BCUT2D eigenvalue weighted by atomic mass is 10.1. The van der Waals surface area contributed by atoms with Gasteiger partial charge in [-0.1, -0.05) is 64.9 Å². The summed E-state index contributed by atoms with van der Waals surface area (Å²) in [4.78, 5) is 12.0. The van der Waals surface area contributed by atoms with Crippen LogP contribution in [0.2, 0.25) is 10.0 Å². The Morgan fingerprint density at radius 2 is 1.87 bits per heavy atom. The van der Waals surface area contributed by atoms with Gasteiger partial charge in [-0.2, -0.15) is 0 Å². The van der Waals surface area contributed by atoms with Gasteiger partial charge in [0.15, 0.2) is 5.01 Å². The van der Waals surface area contributed by atoms with Gasteiger partial charge >= 0.3 is 0 Å². The van der Waals surface area contributed by atoms with E-state index in [1.54, 1.807) is 18.2 Å². The van der Waals surface area contributed by atoms with Crippen LogP contribution in [0.25, 0.3) is 10.6 Å². The molecule has 0 aliphatic rings. The standard InChI is InChI=1S/C16H11Cl2N3OS/c17-11-6-7-12(13(18)9-11)15-20-21-16(23-15)19-14(22)8-10-4-2-1-3-5-10/h1-7,9H,8H2,(H,19,21,22). The van der Waals surface area contributed by atoms with Gasteiger partial charge in [-0.05, 0) is 23.8 Å². The second-order valence-corrected chi connectivity index (χ2v) is 6.57. The summed E-state index contributed by atoms with van der Waals surface area (Å²) < 4.78 is 0. The van der Waals surface area contributed by atoms with Crippen molar-refractivity contribution >= 4 is 45.6 Å². The third-order valence-electron chi connectivity index (χ3n) is 3.04. The largest absolute Gasteiger partial charge is 0.300 e. The van der Waals surface area contributed by atoms with Gasteiger partial charge in [0.05, 0.1) is 11.4 Å². The molecule has 23 heavy (non-hydrogen) atoms. The van der Waals surface area contributed by atoms with Crippen LogP contribution in [0.3, 0.4) is 0 Å². The maximum atomic E-state index is 12.0. The molecule has 7 heteroatoms. The topological polar surface area (TPSA) is 54.9 Å². The molecule has 116 valence electrons. The first-order chi connectivity index (χ1) is 11.1. The van der Waals surface area contributed by atoms with E-state index >= 15 is 0 Å². The van der Waals surface area contributed by atoms with Gasteiger partial charge in [-0.3, -0.25) is 4.79 Å². The lowest BCUT2D eigenvalue weighted by Gasteiger charge is -2.01. The van der Waals surface area contributed by atoms with Crippen molar-refractivity contribution in [3.05, 3.63) is 64.1 Å². The molecule has 0 radical (unpaired) electrons. The number of nitrogens with zero attached hydrogens (tertiary/aromatic N) is 2. The monoisotopic (exact) mass is 363 g/mol. The number of hydrogen-bond donors (Lipinski definition) is 1. The summed E-state index contributed by atoms with van der Waals surface area (Å²) in [5, 5.41) is 12.9. The zero-order chi connectivity index (χ0) is 16.2. The Labute approximate surface area is 147 Å². The van der Waals surface area contributed by atoms with E-state index in [1.807, 2.05) is 30.3 Å². The summed E-state index contributed by atoms with van der Waals surface area (Å²) in [6, 6.07) is 14.7. The van der Waals surface area contributed by atoms with Gasteiger partial charge in [0.1, 0.15) is 0 Å². The third kappa shape index (κ3) is 4.07. The van der Waals surface area contributed by atoms with Gasteiger partial charge in [-0.15, -0.1) is 10.2 Å². The second-order valence-electron chi connectivity index (χ2n) is 4.75. The molecule has 3 rings (SSSR count). The normalized spacial score (nSPS) is 10.5. The van der Waals surface area contributed by atoms with Crippen molar-refractivity contribution < 1.29 is 4.79 Å². The second kappa shape index (κ2) is 7.08. The average molecular weight is 364 g/mol. The van der Waals surface area contributed by atoms with Crippen LogP contribution in [0.15, 0.2) is 48.5 Å². The zero-order valence-electron chi connectivity index (χ0n) is 11.8. The third-order valence-corrected chi connectivity index (χ3v) is 4.46.